The SMILES string of the molecule is CCCCc1cc(CCOC2CCCCO2)n(C(=O)OC(C)(C)C)c1[Si](C)(C)C. The molecule has 0 spiro atoms. The highest BCUT2D eigenvalue weighted by molar-refractivity contribution is 6.88. The van der Waals surface area contributed by atoms with Crippen LogP contribution >= 0.6 is 0 Å². The van der Waals surface area contributed by atoms with Gasteiger partial charge in [0, 0.05) is 24.0 Å². The molecule has 29 heavy (non-hydrogen) atoms. The second kappa shape index (κ2) is 10.3. The van der Waals surface area contributed by atoms with Crippen LogP contribution in [0.4, 0.5) is 4.79 Å². The Morgan fingerprint density at radius 1 is 1.24 bits per heavy atom. The minimum absolute atomic E-state index is 0.107. The van der Waals surface area contributed by atoms with Crippen LogP contribution in [0.3, 0.4) is 0 Å². The Bertz CT molecular complexity index is 664. The van der Waals surface area contributed by atoms with Gasteiger partial charge in [-0.3, -0.25) is 4.57 Å². The quantitative estimate of drug-likeness (QED) is 0.536. The molecule has 0 aromatic carbocycles. The molecular weight excluding hydrogens is 382 g/mol. The summed E-state index contributed by atoms with van der Waals surface area (Å²) in [5, 5.41) is 1.20. The number of unbranched alkanes of at least 4 members (excludes halogenated alkanes) is 1. The Hall–Kier alpha value is -1.11. The first-order valence-corrected chi connectivity index (χ1v) is 14.7. The zero-order valence-electron chi connectivity index (χ0n) is 19.6. The summed E-state index contributed by atoms with van der Waals surface area (Å²) in [4.78, 5) is 13.2. The van der Waals surface area contributed by atoms with Gasteiger partial charge in [-0.1, -0.05) is 33.0 Å². The van der Waals surface area contributed by atoms with Gasteiger partial charge in [-0.05, 0) is 64.5 Å². The van der Waals surface area contributed by atoms with Crippen molar-refractivity contribution in [2.24, 2.45) is 0 Å². The molecule has 5 nitrogen and oxygen atoms in total. The Balaban J connectivity index is 2.30. The van der Waals surface area contributed by atoms with Gasteiger partial charge in [-0.25, -0.2) is 4.79 Å². The van der Waals surface area contributed by atoms with E-state index in [0.29, 0.717) is 13.0 Å². The van der Waals surface area contributed by atoms with E-state index in [1.165, 1.54) is 10.9 Å². The molecular formula is C23H41NO4Si. The van der Waals surface area contributed by atoms with Crippen LogP contribution in [0, 0.1) is 0 Å². The molecule has 2 rings (SSSR count). The van der Waals surface area contributed by atoms with E-state index >= 15 is 0 Å². The Morgan fingerprint density at radius 3 is 2.52 bits per heavy atom. The van der Waals surface area contributed by atoms with Crippen LogP contribution in [0.1, 0.15) is 71.1 Å². The summed E-state index contributed by atoms with van der Waals surface area (Å²) in [6.45, 7) is 16.2. The van der Waals surface area contributed by atoms with Gasteiger partial charge in [0.1, 0.15) is 5.60 Å². The number of hydrogen-bond acceptors (Lipinski definition) is 4. The molecule has 1 aliphatic rings. The van der Waals surface area contributed by atoms with E-state index in [1.54, 1.807) is 0 Å². The monoisotopic (exact) mass is 423 g/mol. The summed E-state index contributed by atoms with van der Waals surface area (Å²) in [6, 6.07) is 2.22. The third-order valence-corrected chi connectivity index (χ3v) is 7.01. The maximum absolute atomic E-state index is 13.2. The number of aromatic nitrogens is 1. The highest BCUT2D eigenvalue weighted by Gasteiger charge is 2.31. The van der Waals surface area contributed by atoms with Crippen LogP contribution in [0.25, 0.3) is 0 Å². The summed E-state index contributed by atoms with van der Waals surface area (Å²) in [6.07, 6.45) is 6.80. The lowest BCUT2D eigenvalue weighted by molar-refractivity contribution is -0.161. The first-order valence-electron chi connectivity index (χ1n) is 11.2. The normalized spacial score (nSPS) is 18.1. The van der Waals surface area contributed by atoms with Gasteiger partial charge < -0.3 is 14.2 Å². The largest absolute Gasteiger partial charge is 0.443 e. The van der Waals surface area contributed by atoms with Gasteiger partial charge in [0.15, 0.2) is 6.29 Å². The lowest BCUT2D eigenvalue weighted by Crippen LogP contribution is -2.48. The number of carbonyl (C=O) groups is 1. The van der Waals surface area contributed by atoms with Crippen LogP contribution in [0.5, 0.6) is 0 Å². The molecule has 0 radical (unpaired) electrons. The van der Waals surface area contributed by atoms with Gasteiger partial charge >= 0.3 is 6.09 Å². The summed E-state index contributed by atoms with van der Waals surface area (Å²) >= 11 is 0. The van der Waals surface area contributed by atoms with Gasteiger partial charge in [0.05, 0.1) is 14.7 Å². The molecule has 1 atom stereocenters. The smallest absolute Gasteiger partial charge is 0.418 e. The predicted molar refractivity (Wildman–Crippen MR) is 121 cm³/mol. The third-order valence-electron chi connectivity index (χ3n) is 5.04. The first kappa shape index (κ1) is 24.2. The average Bonchev–Trinajstić information content (AvgIpc) is 2.98. The molecule has 1 aromatic heterocycles. The maximum Gasteiger partial charge on any atom is 0.418 e. The topological polar surface area (TPSA) is 49.7 Å². The summed E-state index contributed by atoms with van der Waals surface area (Å²) in [5.41, 5.74) is 1.78. The van der Waals surface area contributed by atoms with E-state index in [9.17, 15) is 4.79 Å². The van der Waals surface area contributed by atoms with Crippen molar-refractivity contribution in [3.8, 4) is 0 Å². The number of rotatable bonds is 8. The molecule has 2 heterocycles. The molecule has 166 valence electrons. The third kappa shape index (κ3) is 7.26. The molecule has 1 saturated heterocycles. The van der Waals surface area contributed by atoms with E-state index in [2.05, 4.69) is 32.6 Å². The van der Waals surface area contributed by atoms with Crippen molar-refractivity contribution >= 4 is 19.5 Å². The van der Waals surface area contributed by atoms with Crippen LogP contribution < -0.4 is 5.32 Å². The van der Waals surface area contributed by atoms with Gasteiger partial charge in [-0.15, -0.1) is 0 Å². The van der Waals surface area contributed by atoms with Crippen LogP contribution in [-0.4, -0.2) is 43.8 Å². The van der Waals surface area contributed by atoms with Crippen LogP contribution in [-0.2, 0) is 27.1 Å². The molecule has 0 saturated carbocycles. The van der Waals surface area contributed by atoms with E-state index in [4.69, 9.17) is 14.2 Å². The van der Waals surface area contributed by atoms with Gasteiger partial charge in [0.25, 0.3) is 0 Å². The fourth-order valence-electron chi connectivity index (χ4n) is 3.83. The summed E-state index contributed by atoms with van der Waals surface area (Å²) in [7, 11) is -1.76. The standard InChI is InChI=1S/C23H41NO4Si/c1-8-9-12-18-17-19(14-16-27-20-13-10-11-15-26-20)24(21(18)29(5,6)7)22(25)28-23(2,3)4/h17,20H,8-16H2,1-7H3. The van der Waals surface area contributed by atoms with Crippen molar-refractivity contribution in [1.29, 1.82) is 0 Å². The van der Waals surface area contributed by atoms with Crippen molar-refractivity contribution in [2.45, 2.75) is 104 Å². The Labute approximate surface area is 178 Å². The van der Waals surface area contributed by atoms with Gasteiger partial charge in [-0.2, -0.15) is 0 Å². The molecule has 1 aromatic rings. The maximum atomic E-state index is 13.2. The zero-order valence-corrected chi connectivity index (χ0v) is 20.6. The summed E-state index contributed by atoms with van der Waals surface area (Å²) in [5.74, 6) is 0. The van der Waals surface area contributed by atoms with Gasteiger partial charge in [0.2, 0.25) is 0 Å². The molecule has 0 aliphatic carbocycles. The first-order chi connectivity index (χ1) is 13.5. The van der Waals surface area contributed by atoms with Crippen molar-refractivity contribution < 1.29 is 19.0 Å². The number of nitrogens with zero attached hydrogens (tertiary/aromatic N) is 1. The number of hydrogen-bond donors (Lipinski definition) is 0. The molecule has 1 fully saturated rings. The average molecular weight is 424 g/mol. The van der Waals surface area contributed by atoms with E-state index in [1.807, 2.05) is 25.3 Å². The Morgan fingerprint density at radius 2 is 1.97 bits per heavy atom. The Kier molecular flexibility index (Phi) is 8.56. The van der Waals surface area contributed by atoms with Crippen LogP contribution in [0.15, 0.2) is 6.07 Å². The van der Waals surface area contributed by atoms with E-state index in [0.717, 1.165) is 50.8 Å². The number of ether oxygens (including phenoxy) is 3. The molecule has 0 bridgehead atoms. The lowest BCUT2D eigenvalue weighted by atomic mass is 10.1. The molecule has 1 unspecified atom stereocenters. The fourth-order valence-corrected chi connectivity index (χ4v) is 5.90. The van der Waals surface area contributed by atoms with E-state index < -0.39 is 13.7 Å². The molecule has 0 N–H and O–H groups in total. The highest BCUT2D eigenvalue weighted by Crippen LogP contribution is 2.20. The molecule has 6 heteroatoms. The fraction of sp³-hybridized carbons (Fsp3) is 0.783. The predicted octanol–water partition coefficient (Wildman–Crippen LogP) is 5.24. The highest BCUT2D eigenvalue weighted by atomic mass is 28.3. The van der Waals surface area contributed by atoms with Crippen molar-refractivity contribution in [1.82, 2.24) is 4.57 Å². The van der Waals surface area contributed by atoms with Crippen molar-refractivity contribution in [3.05, 3.63) is 17.3 Å². The number of aryl methyl sites for hydroxylation is 1. The van der Waals surface area contributed by atoms with Crippen molar-refractivity contribution in [2.75, 3.05) is 13.2 Å². The number of carbonyl (C=O) groups excluding carboxylic acids is 1. The lowest BCUT2D eigenvalue weighted by Gasteiger charge is -2.26. The van der Waals surface area contributed by atoms with Crippen LogP contribution in [0.2, 0.25) is 19.6 Å². The van der Waals surface area contributed by atoms with Crippen molar-refractivity contribution in [3.63, 3.8) is 0 Å². The second-order valence-electron chi connectivity index (χ2n) is 10.1. The molecule has 0 amide bonds. The molecule has 1 aliphatic heterocycles. The van der Waals surface area contributed by atoms with E-state index in [-0.39, 0.29) is 12.4 Å². The second-order valence-corrected chi connectivity index (χ2v) is 15.1. The zero-order chi connectivity index (χ0) is 21.7. The summed E-state index contributed by atoms with van der Waals surface area (Å²) < 4.78 is 19.3. The minimum Gasteiger partial charge on any atom is -0.443 e. The minimum atomic E-state index is -1.76.